The predicted molar refractivity (Wildman–Crippen MR) is 82.8 cm³/mol. The Labute approximate surface area is 121 Å². The van der Waals surface area contributed by atoms with Crippen LogP contribution in [0.1, 0.15) is 43.8 Å². The first-order valence-corrected chi connectivity index (χ1v) is 8.20. The Bertz CT molecular complexity index is 415. The van der Waals surface area contributed by atoms with Crippen molar-refractivity contribution in [2.45, 2.75) is 52.8 Å². The number of aromatic nitrogens is 2. The molecule has 0 fully saturated rings. The zero-order valence-electron chi connectivity index (χ0n) is 12.9. The Balaban J connectivity index is 2.73. The molecule has 5 heteroatoms. The molecule has 0 aliphatic heterocycles. The van der Waals surface area contributed by atoms with Crippen molar-refractivity contribution < 1.29 is 5.11 Å². The van der Waals surface area contributed by atoms with Gasteiger partial charge in [0.05, 0.1) is 11.3 Å². The fourth-order valence-corrected chi connectivity index (χ4v) is 3.21. The summed E-state index contributed by atoms with van der Waals surface area (Å²) in [4.78, 5) is 0. The molecule has 1 heterocycles. The Hall–Kier alpha value is -0.520. The zero-order chi connectivity index (χ0) is 14.6. The van der Waals surface area contributed by atoms with Crippen molar-refractivity contribution in [2.24, 2.45) is 0 Å². The van der Waals surface area contributed by atoms with E-state index in [1.165, 1.54) is 11.3 Å². The van der Waals surface area contributed by atoms with Gasteiger partial charge in [-0.25, -0.2) is 0 Å². The lowest BCUT2D eigenvalue weighted by atomic mass is 10.0. The Morgan fingerprint density at radius 3 is 2.58 bits per heavy atom. The molecule has 19 heavy (non-hydrogen) atoms. The van der Waals surface area contributed by atoms with Gasteiger partial charge in [-0.3, -0.25) is 4.68 Å². The second kappa shape index (κ2) is 6.77. The lowest BCUT2D eigenvalue weighted by molar-refractivity contribution is 0.0820. The van der Waals surface area contributed by atoms with Gasteiger partial charge in [0.15, 0.2) is 0 Å². The fraction of sp³-hybridized carbons (Fsp3) is 0.786. The van der Waals surface area contributed by atoms with Gasteiger partial charge in [0.2, 0.25) is 0 Å². The minimum absolute atomic E-state index is 0.202. The third kappa shape index (κ3) is 4.23. The predicted octanol–water partition coefficient (Wildman–Crippen LogP) is 2.28. The van der Waals surface area contributed by atoms with E-state index in [1.807, 2.05) is 24.8 Å². The van der Waals surface area contributed by atoms with Crippen molar-refractivity contribution in [3.8, 4) is 0 Å². The van der Waals surface area contributed by atoms with E-state index in [-0.39, 0.29) is 6.04 Å². The number of thioether (sulfide) groups is 1. The highest BCUT2D eigenvalue weighted by Gasteiger charge is 2.22. The maximum absolute atomic E-state index is 10.2. The van der Waals surface area contributed by atoms with Crippen LogP contribution >= 0.6 is 11.8 Å². The zero-order valence-corrected chi connectivity index (χ0v) is 13.8. The van der Waals surface area contributed by atoms with E-state index in [0.717, 1.165) is 18.0 Å². The lowest BCUT2D eigenvalue weighted by Crippen LogP contribution is -2.41. The summed E-state index contributed by atoms with van der Waals surface area (Å²) in [6, 6.07) is 0.202. The SMILES string of the molecule is CCn1nc(C)c(C(C)NCC(C)(O)CSC)c1C. The molecule has 1 aromatic heterocycles. The summed E-state index contributed by atoms with van der Waals surface area (Å²) in [7, 11) is 0. The van der Waals surface area contributed by atoms with Crippen molar-refractivity contribution in [3.05, 3.63) is 17.0 Å². The van der Waals surface area contributed by atoms with Gasteiger partial charge in [-0.05, 0) is 40.9 Å². The lowest BCUT2D eigenvalue weighted by Gasteiger charge is -2.25. The average molecular weight is 285 g/mol. The van der Waals surface area contributed by atoms with Gasteiger partial charge in [-0.1, -0.05) is 0 Å². The van der Waals surface area contributed by atoms with Gasteiger partial charge in [0.25, 0.3) is 0 Å². The van der Waals surface area contributed by atoms with Crippen molar-refractivity contribution in [2.75, 3.05) is 18.6 Å². The summed E-state index contributed by atoms with van der Waals surface area (Å²) in [5, 5.41) is 18.2. The van der Waals surface area contributed by atoms with Crippen LogP contribution in [-0.4, -0.2) is 39.0 Å². The highest BCUT2D eigenvalue weighted by Crippen LogP contribution is 2.22. The molecular weight excluding hydrogens is 258 g/mol. The molecule has 2 unspecified atom stereocenters. The number of nitrogens with one attached hydrogen (secondary N) is 1. The summed E-state index contributed by atoms with van der Waals surface area (Å²) >= 11 is 1.66. The largest absolute Gasteiger partial charge is 0.388 e. The van der Waals surface area contributed by atoms with Crippen LogP contribution in [0.15, 0.2) is 0 Å². The second-order valence-electron chi connectivity index (χ2n) is 5.43. The first-order chi connectivity index (χ1) is 8.82. The molecule has 0 radical (unpaired) electrons. The number of rotatable bonds is 7. The molecule has 0 aromatic carbocycles. The van der Waals surface area contributed by atoms with E-state index in [1.54, 1.807) is 11.8 Å². The van der Waals surface area contributed by atoms with Gasteiger partial charge in [0.1, 0.15) is 0 Å². The summed E-state index contributed by atoms with van der Waals surface area (Å²) in [6.45, 7) is 11.7. The molecular formula is C14H27N3OS. The van der Waals surface area contributed by atoms with E-state index in [2.05, 4.69) is 31.2 Å². The molecule has 0 bridgehead atoms. The normalized spacial score (nSPS) is 16.4. The van der Waals surface area contributed by atoms with E-state index < -0.39 is 5.60 Å². The molecule has 0 spiro atoms. The number of aryl methyl sites for hydroxylation is 2. The van der Waals surface area contributed by atoms with E-state index in [0.29, 0.717) is 6.54 Å². The molecule has 0 aliphatic rings. The van der Waals surface area contributed by atoms with Crippen LogP contribution in [0, 0.1) is 13.8 Å². The van der Waals surface area contributed by atoms with Crippen molar-refractivity contribution >= 4 is 11.8 Å². The third-order valence-electron chi connectivity index (χ3n) is 3.41. The Morgan fingerprint density at radius 1 is 1.47 bits per heavy atom. The van der Waals surface area contributed by atoms with Crippen LogP contribution in [0.4, 0.5) is 0 Å². The first-order valence-electron chi connectivity index (χ1n) is 6.81. The number of hydrogen-bond acceptors (Lipinski definition) is 4. The molecule has 0 saturated carbocycles. The molecule has 0 saturated heterocycles. The minimum Gasteiger partial charge on any atom is -0.388 e. The number of nitrogens with zero attached hydrogens (tertiary/aromatic N) is 2. The van der Waals surface area contributed by atoms with Crippen LogP contribution in [0.3, 0.4) is 0 Å². The summed E-state index contributed by atoms with van der Waals surface area (Å²) in [6.07, 6.45) is 2.01. The third-order valence-corrected chi connectivity index (χ3v) is 4.32. The minimum atomic E-state index is -0.670. The molecule has 0 aliphatic carbocycles. The van der Waals surface area contributed by atoms with Crippen LogP contribution in [0.2, 0.25) is 0 Å². The van der Waals surface area contributed by atoms with E-state index in [4.69, 9.17) is 0 Å². The van der Waals surface area contributed by atoms with Gasteiger partial charge < -0.3 is 10.4 Å². The summed E-state index contributed by atoms with van der Waals surface area (Å²) in [5.41, 5.74) is 2.87. The monoisotopic (exact) mass is 285 g/mol. The fourth-order valence-electron chi connectivity index (χ4n) is 2.48. The first kappa shape index (κ1) is 16.5. The molecule has 2 N–H and O–H groups in total. The Morgan fingerprint density at radius 2 is 2.11 bits per heavy atom. The summed E-state index contributed by atoms with van der Waals surface area (Å²) < 4.78 is 2.03. The molecule has 110 valence electrons. The quantitative estimate of drug-likeness (QED) is 0.807. The standard InChI is InChI=1S/C14H27N3OS/c1-7-17-12(4)13(11(3)16-17)10(2)15-8-14(5,18)9-19-6/h10,15,18H,7-9H2,1-6H3. The maximum Gasteiger partial charge on any atom is 0.0833 e. The molecule has 2 atom stereocenters. The second-order valence-corrected chi connectivity index (χ2v) is 6.30. The van der Waals surface area contributed by atoms with Crippen LogP contribution in [-0.2, 0) is 6.54 Å². The van der Waals surface area contributed by atoms with Gasteiger partial charge >= 0.3 is 0 Å². The number of hydrogen-bond donors (Lipinski definition) is 2. The van der Waals surface area contributed by atoms with Gasteiger partial charge in [-0.2, -0.15) is 16.9 Å². The van der Waals surface area contributed by atoms with Crippen molar-refractivity contribution in [1.82, 2.24) is 15.1 Å². The molecule has 0 amide bonds. The van der Waals surface area contributed by atoms with Crippen LogP contribution in [0.5, 0.6) is 0 Å². The van der Waals surface area contributed by atoms with Crippen LogP contribution < -0.4 is 5.32 Å². The van der Waals surface area contributed by atoms with Crippen LogP contribution in [0.25, 0.3) is 0 Å². The molecule has 1 rings (SSSR count). The van der Waals surface area contributed by atoms with E-state index >= 15 is 0 Å². The molecule has 1 aromatic rings. The highest BCUT2D eigenvalue weighted by atomic mass is 32.2. The maximum atomic E-state index is 10.2. The average Bonchev–Trinajstić information content (AvgIpc) is 2.61. The smallest absolute Gasteiger partial charge is 0.0833 e. The number of aliphatic hydroxyl groups is 1. The highest BCUT2D eigenvalue weighted by molar-refractivity contribution is 7.98. The Kier molecular flexibility index (Phi) is 5.89. The van der Waals surface area contributed by atoms with E-state index in [9.17, 15) is 5.11 Å². The topological polar surface area (TPSA) is 50.1 Å². The summed E-state index contributed by atoms with van der Waals surface area (Å²) in [5.74, 6) is 0.735. The molecule has 4 nitrogen and oxygen atoms in total. The van der Waals surface area contributed by atoms with Crippen molar-refractivity contribution in [1.29, 1.82) is 0 Å². The van der Waals surface area contributed by atoms with Gasteiger partial charge in [-0.15, -0.1) is 0 Å². The van der Waals surface area contributed by atoms with Crippen molar-refractivity contribution in [3.63, 3.8) is 0 Å². The van der Waals surface area contributed by atoms with Gasteiger partial charge in [0, 0.05) is 36.1 Å².